The zero-order valence-corrected chi connectivity index (χ0v) is 16.7. The number of carbonyl (C=O) groups excluding carboxylic acids is 2. The number of carbonyl (C=O) groups is 2. The van der Waals surface area contributed by atoms with Crippen LogP contribution in [0.25, 0.3) is 11.0 Å². The highest BCUT2D eigenvalue weighted by Gasteiger charge is 2.27. The molecule has 0 spiro atoms. The smallest absolute Gasteiger partial charge is 0.284 e. The molecular formula is C22H23N3O4. The average Bonchev–Trinajstić information content (AvgIpc) is 3.21. The van der Waals surface area contributed by atoms with E-state index in [0.29, 0.717) is 23.5 Å². The molecule has 3 N–H and O–H groups in total. The van der Waals surface area contributed by atoms with Crippen LogP contribution in [0.3, 0.4) is 0 Å². The molecule has 0 atom stereocenters. The molecule has 0 saturated carbocycles. The van der Waals surface area contributed by atoms with Gasteiger partial charge in [0, 0.05) is 28.5 Å². The van der Waals surface area contributed by atoms with E-state index in [9.17, 15) is 9.59 Å². The Bertz CT molecular complexity index is 1170. The lowest BCUT2D eigenvalue weighted by Crippen LogP contribution is -2.23. The zero-order valence-electron chi connectivity index (χ0n) is 16.7. The first-order valence-electron chi connectivity index (χ1n) is 9.60. The average molecular weight is 393 g/mol. The van der Waals surface area contributed by atoms with Gasteiger partial charge in [0.25, 0.3) is 5.91 Å². The van der Waals surface area contributed by atoms with Crippen molar-refractivity contribution in [2.45, 2.75) is 46.5 Å². The quantitative estimate of drug-likeness (QED) is 0.661. The highest BCUT2D eigenvalue weighted by molar-refractivity contribution is 6.06. The lowest BCUT2D eigenvalue weighted by Gasteiger charge is -2.13. The largest absolute Gasteiger partial charge is 0.464 e. The van der Waals surface area contributed by atoms with Crippen LogP contribution in [0.15, 0.2) is 32.3 Å². The number of hydrazone groups is 1. The van der Waals surface area contributed by atoms with Gasteiger partial charge in [0.05, 0.1) is 18.4 Å². The van der Waals surface area contributed by atoms with E-state index in [0.717, 1.165) is 46.1 Å². The summed E-state index contributed by atoms with van der Waals surface area (Å²) in [5.74, 6) is 0.0234. The van der Waals surface area contributed by atoms with Crippen molar-refractivity contribution in [1.29, 1.82) is 0 Å². The molecule has 0 radical (unpaired) electrons. The molecule has 2 heterocycles. The molecule has 0 aliphatic heterocycles. The summed E-state index contributed by atoms with van der Waals surface area (Å²) in [5, 5.41) is 5.30. The summed E-state index contributed by atoms with van der Waals surface area (Å²) in [6.07, 6.45) is 4.03. The van der Waals surface area contributed by atoms with Crippen LogP contribution >= 0.6 is 0 Å². The van der Waals surface area contributed by atoms with Gasteiger partial charge in [0.1, 0.15) is 11.3 Å². The van der Waals surface area contributed by atoms with Gasteiger partial charge in [-0.15, -0.1) is 0 Å². The minimum Gasteiger partial charge on any atom is -0.464 e. The van der Waals surface area contributed by atoms with E-state index in [-0.39, 0.29) is 18.1 Å². The number of nitrogens with two attached hydrogens (primary N) is 1. The van der Waals surface area contributed by atoms with E-state index in [1.54, 1.807) is 13.2 Å². The van der Waals surface area contributed by atoms with Gasteiger partial charge in [0.2, 0.25) is 5.91 Å². The van der Waals surface area contributed by atoms with Gasteiger partial charge in [-0.2, -0.15) is 5.10 Å². The van der Waals surface area contributed by atoms with E-state index in [4.69, 9.17) is 14.6 Å². The Kier molecular flexibility index (Phi) is 4.74. The second-order valence-corrected chi connectivity index (χ2v) is 7.56. The van der Waals surface area contributed by atoms with E-state index in [1.807, 2.05) is 19.9 Å². The molecule has 4 rings (SSSR count). The predicted octanol–water partition coefficient (Wildman–Crippen LogP) is 3.45. The first-order chi connectivity index (χ1) is 13.8. The highest BCUT2D eigenvalue weighted by Crippen LogP contribution is 2.30. The molecular weight excluding hydrogens is 370 g/mol. The summed E-state index contributed by atoms with van der Waals surface area (Å²) in [7, 11) is 0. The van der Waals surface area contributed by atoms with Crippen molar-refractivity contribution in [2.24, 2.45) is 10.8 Å². The summed E-state index contributed by atoms with van der Waals surface area (Å²) >= 11 is 0. The van der Waals surface area contributed by atoms with Gasteiger partial charge in [0.15, 0.2) is 5.76 Å². The fraction of sp³-hybridized carbons (Fsp3) is 0.318. The number of primary amides is 1. The van der Waals surface area contributed by atoms with Gasteiger partial charge in [-0.3, -0.25) is 9.59 Å². The number of fused-ring (bicyclic) bond motifs is 2. The maximum atomic E-state index is 12.5. The molecule has 0 unspecified atom stereocenters. The van der Waals surface area contributed by atoms with Gasteiger partial charge in [-0.1, -0.05) is 6.07 Å². The maximum absolute atomic E-state index is 12.5. The molecule has 150 valence electrons. The van der Waals surface area contributed by atoms with Crippen molar-refractivity contribution in [1.82, 2.24) is 5.43 Å². The second kappa shape index (κ2) is 7.24. The van der Waals surface area contributed by atoms with Crippen molar-refractivity contribution in [3.8, 4) is 0 Å². The molecule has 0 bridgehead atoms. The lowest BCUT2D eigenvalue weighted by atomic mass is 9.93. The standard InChI is InChI=1S/C22H23N3O4/c1-11-7-12(2)19-14(10-28-17(19)8-11)9-18(26)25-24-15-5-4-6-16-20(15)13(3)21(29-16)22(23)27/h7-8,10H,4-6,9H2,1-3H3,(H2,23,27)(H,25,26)/b24-15+. The zero-order chi connectivity index (χ0) is 20.7. The van der Waals surface area contributed by atoms with Crippen LogP contribution < -0.4 is 11.2 Å². The molecule has 1 aliphatic rings. The Hall–Kier alpha value is -3.35. The summed E-state index contributed by atoms with van der Waals surface area (Å²) in [4.78, 5) is 24.1. The van der Waals surface area contributed by atoms with Crippen LogP contribution in [0, 0.1) is 20.8 Å². The molecule has 0 fully saturated rings. The van der Waals surface area contributed by atoms with Crippen molar-refractivity contribution >= 4 is 28.5 Å². The molecule has 1 aromatic carbocycles. The Morgan fingerprint density at radius 1 is 1.21 bits per heavy atom. The summed E-state index contributed by atoms with van der Waals surface area (Å²) in [6, 6.07) is 4.03. The Morgan fingerprint density at radius 3 is 2.76 bits per heavy atom. The Labute approximate surface area is 167 Å². The Morgan fingerprint density at radius 2 is 2.00 bits per heavy atom. The summed E-state index contributed by atoms with van der Waals surface area (Å²) in [6.45, 7) is 5.80. The van der Waals surface area contributed by atoms with Crippen LogP contribution in [0.5, 0.6) is 0 Å². The van der Waals surface area contributed by atoms with Crippen molar-refractivity contribution in [3.05, 3.63) is 57.7 Å². The van der Waals surface area contributed by atoms with Gasteiger partial charge >= 0.3 is 0 Å². The van der Waals surface area contributed by atoms with Crippen LogP contribution in [-0.2, 0) is 17.6 Å². The first kappa shape index (κ1) is 19.0. The normalized spacial score (nSPS) is 14.9. The molecule has 3 aromatic rings. The van der Waals surface area contributed by atoms with Gasteiger partial charge < -0.3 is 14.6 Å². The number of furan rings is 2. The predicted molar refractivity (Wildman–Crippen MR) is 109 cm³/mol. The fourth-order valence-electron chi connectivity index (χ4n) is 4.11. The number of nitrogens with one attached hydrogen (secondary N) is 1. The van der Waals surface area contributed by atoms with Crippen molar-refractivity contribution in [2.75, 3.05) is 0 Å². The number of hydrogen-bond donors (Lipinski definition) is 2. The summed E-state index contributed by atoms with van der Waals surface area (Å²) < 4.78 is 11.2. The summed E-state index contributed by atoms with van der Waals surface area (Å²) in [5.41, 5.74) is 14.0. The number of amides is 2. The second-order valence-electron chi connectivity index (χ2n) is 7.56. The van der Waals surface area contributed by atoms with Crippen LogP contribution in [0.2, 0.25) is 0 Å². The molecule has 1 aliphatic carbocycles. The molecule has 0 saturated heterocycles. The first-order valence-corrected chi connectivity index (χ1v) is 9.60. The maximum Gasteiger partial charge on any atom is 0.284 e. The third-order valence-electron chi connectivity index (χ3n) is 5.31. The number of rotatable bonds is 4. The highest BCUT2D eigenvalue weighted by atomic mass is 16.4. The minimum absolute atomic E-state index is 0.159. The van der Waals surface area contributed by atoms with Crippen LogP contribution in [0.1, 0.15) is 57.0 Å². The van der Waals surface area contributed by atoms with Crippen LogP contribution in [-0.4, -0.2) is 17.5 Å². The van der Waals surface area contributed by atoms with Crippen molar-refractivity contribution in [3.63, 3.8) is 0 Å². The number of benzene rings is 1. The molecule has 7 heteroatoms. The monoisotopic (exact) mass is 393 g/mol. The van der Waals surface area contributed by atoms with E-state index >= 15 is 0 Å². The fourth-order valence-corrected chi connectivity index (χ4v) is 4.11. The van der Waals surface area contributed by atoms with Gasteiger partial charge in [-0.25, -0.2) is 5.43 Å². The van der Waals surface area contributed by atoms with Gasteiger partial charge in [-0.05, 0) is 50.8 Å². The minimum atomic E-state index is -0.599. The number of aryl methyl sites for hydroxylation is 3. The topological polar surface area (TPSA) is 111 Å². The Balaban J connectivity index is 1.55. The SMILES string of the molecule is Cc1cc(C)c2c(CC(=O)N/N=C3\CCCc4oc(C(N)=O)c(C)c43)coc2c1. The number of nitrogens with zero attached hydrogens (tertiary/aromatic N) is 1. The number of hydrogen-bond acceptors (Lipinski definition) is 5. The van der Waals surface area contributed by atoms with E-state index in [2.05, 4.69) is 16.6 Å². The van der Waals surface area contributed by atoms with E-state index in [1.165, 1.54) is 0 Å². The lowest BCUT2D eigenvalue weighted by molar-refractivity contribution is -0.120. The molecule has 2 amide bonds. The van der Waals surface area contributed by atoms with Crippen LogP contribution in [0.4, 0.5) is 0 Å². The third kappa shape index (κ3) is 3.44. The molecule has 7 nitrogen and oxygen atoms in total. The third-order valence-corrected chi connectivity index (χ3v) is 5.31. The van der Waals surface area contributed by atoms with E-state index < -0.39 is 5.91 Å². The molecule has 2 aromatic heterocycles. The van der Waals surface area contributed by atoms with Crippen molar-refractivity contribution < 1.29 is 18.4 Å². The molecule has 29 heavy (non-hydrogen) atoms.